The van der Waals surface area contributed by atoms with E-state index in [1.807, 2.05) is 0 Å². The first kappa shape index (κ1) is 12.0. The maximum atomic E-state index is 11.6. The first-order chi connectivity index (χ1) is 8.77. The highest BCUT2D eigenvalue weighted by atomic mass is 16.5. The summed E-state index contributed by atoms with van der Waals surface area (Å²) in [5.74, 6) is -0.396. The molecule has 0 atom stereocenters. The van der Waals surface area contributed by atoms with E-state index in [4.69, 9.17) is 10.1 Å². The summed E-state index contributed by atoms with van der Waals surface area (Å²) in [6, 6.07) is 1.62. The molecule has 92 valence electrons. The van der Waals surface area contributed by atoms with Crippen molar-refractivity contribution in [3.05, 3.63) is 41.2 Å². The van der Waals surface area contributed by atoms with Gasteiger partial charge in [-0.3, -0.25) is 4.98 Å². The Bertz CT molecular complexity index is 549. The number of hydrogen-bond donors (Lipinski definition) is 2. The zero-order valence-corrected chi connectivity index (χ0v) is 9.80. The molecule has 0 fully saturated rings. The topological polar surface area (TPSA) is 87.4 Å². The molecular formula is C12H12N4O2. The lowest BCUT2D eigenvalue weighted by Gasteiger charge is -2.17. The van der Waals surface area contributed by atoms with Crippen LogP contribution in [0.2, 0.25) is 0 Å². The van der Waals surface area contributed by atoms with Crippen molar-refractivity contribution in [1.29, 1.82) is 5.41 Å². The van der Waals surface area contributed by atoms with Gasteiger partial charge in [-0.1, -0.05) is 0 Å². The van der Waals surface area contributed by atoms with Crippen molar-refractivity contribution >= 4 is 17.9 Å². The Morgan fingerprint density at radius 1 is 1.61 bits per heavy atom. The summed E-state index contributed by atoms with van der Waals surface area (Å²) in [6.45, 7) is 0.426. The van der Waals surface area contributed by atoms with Gasteiger partial charge < -0.3 is 15.6 Å². The summed E-state index contributed by atoms with van der Waals surface area (Å²) in [6.07, 6.45) is 5.90. The summed E-state index contributed by atoms with van der Waals surface area (Å²) in [5.41, 5.74) is 5.29. The van der Waals surface area contributed by atoms with Crippen LogP contribution in [0.4, 0.5) is 0 Å². The molecule has 18 heavy (non-hydrogen) atoms. The second-order valence-electron chi connectivity index (χ2n) is 3.53. The molecule has 1 aromatic rings. The minimum atomic E-state index is -0.396. The highest BCUT2D eigenvalue weighted by Gasteiger charge is 2.20. The van der Waals surface area contributed by atoms with Crippen molar-refractivity contribution in [2.24, 2.45) is 5.10 Å². The Labute approximate surface area is 104 Å². The second-order valence-corrected chi connectivity index (χ2v) is 3.53. The number of hydrogen-bond acceptors (Lipinski definition) is 6. The third-order valence-corrected chi connectivity index (χ3v) is 2.51. The lowest BCUT2D eigenvalue weighted by Crippen LogP contribution is -2.23. The van der Waals surface area contributed by atoms with Crippen LogP contribution in [0.3, 0.4) is 0 Å². The van der Waals surface area contributed by atoms with Crippen LogP contribution < -0.4 is 5.43 Å². The third kappa shape index (κ3) is 2.13. The van der Waals surface area contributed by atoms with Crippen LogP contribution >= 0.6 is 0 Å². The molecule has 0 spiro atoms. The van der Waals surface area contributed by atoms with Crippen molar-refractivity contribution < 1.29 is 9.53 Å². The molecular weight excluding hydrogens is 232 g/mol. The third-order valence-electron chi connectivity index (χ3n) is 2.51. The van der Waals surface area contributed by atoms with Crippen molar-refractivity contribution in [2.75, 3.05) is 7.11 Å². The van der Waals surface area contributed by atoms with Crippen LogP contribution in [-0.4, -0.2) is 30.0 Å². The van der Waals surface area contributed by atoms with Gasteiger partial charge in [-0.2, -0.15) is 5.10 Å². The molecule has 6 heteroatoms. The van der Waals surface area contributed by atoms with Gasteiger partial charge in [0.05, 0.1) is 24.9 Å². The molecule has 0 unspecified atom stereocenters. The average molecular weight is 244 g/mol. The quantitative estimate of drug-likeness (QED) is 0.610. The maximum Gasteiger partial charge on any atom is 0.338 e. The first-order valence-electron chi connectivity index (χ1n) is 5.32. The Morgan fingerprint density at radius 2 is 2.44 bits per heavy atom. The second kappa shape index (κ2) is 5.22. The smallest absolute Gasteiger partial charge is 0.338 e. The number of aromatic nitrogens is 1. The van der Waals surface area contributed by atoms with Gasteiger partial charge in [0.2, 0.25) is 0 Å². The number of rotatable bonds is 3. The van der Waals surface area contributed by atoms with Gasteiger partial charge in [0.15, 0.2) is 0 Å². The number of esters is 1. The molecule has 2 heterocycles. The van der Waals surface area contributed by atoms with Gasteiger partial charge in [-0.25, -0.2) is 4.79 Å². The highest BCUT2D eigenvalue weighted by Crippen LogP contribution is 2.17. The van der Waals surface area contributed by atoms with Crippen molar-refractivity contribution in [2.45, 2.75) is 6.54 Å². The molecule has 2 N–H and O–H groups in total. The summed E-state index contributed by atoms with van der Waals surface area (Å²) >= 11 is 0. The summed E-state index contributed by atoms with van der Waals surface area (Å²) in [4.78, 5) is 15.9. The molecule has 2 rings (SSSR count). The summed E-state index contributed by atoms with van der Waals surface area (Å²) in [7, 11) is 1.34. The summed E-state index contributed by atoms with van der Waals surface area (Å²) in [5, 5.41) is 11.1. The average Bonchev–Trinajstić information content (AvgIpc) is 2.43. The number of ether oxygens (including phenoxy) is 1. The van der Waals surface area contributed by atoms with Crippen LogP contribution in [-0.2, 0) is 11.3 Å². The number of nitrogens with one attached hydrogen (secondary N) is 2. The van der Waals surface area contributed by atoms with Gasteiger partial charge in [0, 0.05) is 18.0 Å². The molecule has 0 aromatic carbocycles. The number of pyridine rings is 1. The van der Waals surface area contributed by atoms with Crippen molar-refractivity contribution in [3.63, 3.8) is 0 Å². The Kier molecular flexibility index (Phi) is 3.47. The molecule has 0 radical (unpaired) electrons. The molecule has 6 nitrogen and oxygen atoms in total. The molecule has 0 saturated carbocycles. The van der Waals surface area contributed by atoms with E-state index >= 15 is 0 Å². The molecule has 0 bridgehead atoms. The van der Waals surface area contributed by atoms with Crippen LogP contribution in [0.25, 0.3) is 0 Å². The summed E-state index contributed by atoms with van der Waals surface area (Å²) < 4.78 is 4.73. The minimum absolute atomic E-state index is 0.396. The van der Waals surface area contributed by atoms with Gasteiger partial charge in [-0.15, -0.1) is 0 Å². The van der Waals surface area contributed by atoms with E-state index < -0.39 is 5.97 Å². The van der Waals surface area contributed by atoms with Crippen molar-refractivity contribution in [3.8, 4) is 0 Å². The minimum Gasteiger partial charge on any atom is -0.465 e. The predicted octanol–water partition coefficient (Wildman–Crippen LogP) is 0.881. The van der Waals surface area contributed by atoms with E-state index in [-0.39, 0.29) is 0 Å². The lowest BCUT2D eigenvalue weighted by molar-refractivity contribution is 0.0599. The maximum absolute atomic E-state index is 11.6. The van der Waals surface area contributed by atoms with E-state index in [1.54, 1.807) is 24.4 Å². The molecule has 1 aliphatic rings. The Hall–Kier alpha value is -2.50. The van der Waals surface area contributed by atoms with Crippen LogP contribution in [0.5, 0.6) is 0 Å². The zero-order valence-electron chi connectivity index (χ0n) is 9.80. The number of methoxy groups -OCH3 is 1. The van der Waals surface area contributed by atoms with E-state index in [2.05, 4.69) is 15.5 Å². The number of fused-ring (bicyclic) bond motifs is 1. The van der Waals surface area contributed by atoms with Crippen molar-refractivity contribution in [1.82, 2.24) is 10.4 Å². The van der Waals surface area contributed by atoms with E-state index in [1.165, 1.54) is 7.11 Å². The van der Waals surface area contributed by atoms with Gasteiger partial charge in [0.1, 0.15) is 5.71 Å². The van der Waals surface area contributed by atoms with Gasteiger partial charge in [0.25, 0.3) is 0 Å². The van der Waals surface area contributed by atoms with Gasteiger partial charge in [-0.05, 0) is 18.2 Å². The zero-order chi connectivity index (χ0) is 13.0. The fourth-order valence-electron chi connectivity index (χ4n) is 1.71. The lowest BCUT2D eigenvalue weighted by atomic mass is 10.0. The molecule has 0 amide bonds. The number of hydrazone groups is 1. The van der Waals surface area contributed by atoms with E-state index in [0.29, 0.717) is 23.5 Å². The SMILES string of the molecule is COC(=O)c1ccnc2c1CNN=C2C=CC=N. The number of nitrogens with zero attached hydrogens (tertiary/aromatic N) is 2. The number of carbonyl (C=O) groups is 1. The van der Waals surface area contributed by atoms with E-state index in [9.17, 15) is 4.79 Å². The Morgan fingerprint density at radius 3 is 3.17 bits per heavy atom. The normalized spacial score (nSPS) is 13.5. The molecule has 1 aliphatic heterocycles. The van der Waals surface area contributed by atoms with Crippen LogP contribution in [0, 0.1) is 5.41 Å². The fourth-order valence-corrected chi connectivity index (χ4v) is 1.71. The van der Waals surface area contributed by atoms with Crippen LogP contribution in [0.1, 0.15) is 21.6 Å². The molecule has 1 aromatic heterocycles. The standard InChI is InChI=1S/C12H12N4O2/c1-18-12(17)8-4-6-14-11-9(8)7-15-16-10(11)3-2-5-13/h2-6,13,15H,7H2,1H3. The molecule has 0 aliphatic carbocycles. The highest BCUT2D eigenvalue weighted by molar-refractivity contribution is 6.11. The fraction of sp³-hybridized carbons (Fsp3) is 0.167. The first-order valence-corrected chi connectivity index (χ1v) is 5.32. The predicted molar refractivity (Wildman–Crippen MR) is 66.9 cm³/mol. The van der Waals surface area contributed by atoms with E-state index in [0.717, 1.165) is 11.8 Å². The monoisotopic (exact) mass is 244 g/mol. The Balaban J connectivity index is 2.49. The number of carbonyl (C=O) groups excluding carboxylic acids is 1. The largest absolute Gasteiger partial charge is 0.465 e. The number of allylic oxidation sites excluding steroid dienone is 2. The van der Waals surface area contributed by atoms with Crippen LogP contribution in [0.15, 0.2) is 29.5 Å². The van der Waals surface area contributed by atoms with Gasteiger partial charge >= 0.3 is 5.97 Å². The molecule has 0 saturated heterocycles.